The number of nitrogens with zero attached hydrogens (tertiary/aromatic N) is 1. The number of benzene rings is 1. The number of anilines is 1. The maximum absolute atomic E-state index is 12.4. The lowest BCUT2D eigenvalue weighted by Gasteiger charge is -2.16. The zero-order valence-corrected chi connectivity index (χ0v) is 15.2. The first-order valence-electron chi connectivity index (χ1n) is 8.14. The third-order valence-electron chi connectivity index (χ3n) is 3.74. The summed E-state index contributed by atoms with van der Waals surface area (Å²) < 4.78 is 5.29. The molecule has 0 aliphatic carbocycles. The van der Waals surface area contributed by atoms with E-state index >= 15 is 0 Å². The van der Waals surface area contributed by atoms with Crippen molar-refractivity contribution in [1.82, 2.24) is 4.98 Å². The van der Waals surface area contributed by atoms with Gasteiger partial charge in [0.05, 0.1) is 5.56 Å². The number of nitrogens with one attached hydrogen (secondary N) is 1. The molecule has 0 radical (unpaired) electrons. The average Bonchev–Trinajstić information content (AvgIpc) is 2.60. The molecule has 0 aliphatic rings. The molecule has 0 fully saturated rings. The molecule has 1 atom stereocenters. The van der Waals surface area contributed by atoms with Gasteiger partial charge in [-0.2, -0.15) is 0 Å². The van der Waals surface area contributed by atoms with Crippen LogP contribution in [0, 0.1) is 0 Å². The van der Waals surface area contributed by atoms with E-state index in [0.29, 0.717) is 18.0 Å². The molecular weight excluding hydrogens is 340 g/mol. The highest BCUT2D eigenvalue weighted by Crippen LogP contribution is 2.18. The Bertz CT molecular complexity index is 745. The molecule has 0 saturated carbocycles. The molecule has 5 nitrogen and oxygen atoms in total. The summed E-state index contributed by atoms with van der Waals surface area (Å²) in [5, 5.41) is 2.81. The number of aromatic nitrogens is 1. The van der Waals surface area contributed by atoms with E-state index in [2.05, 4.69) is 24.1 Å². The van der Waals surface area contributed by atoms with E-state index in [9.17, 15) is 9.59 Å². The second kappa shape index (κ2) is 8.62. The Morgan fingerprint density at radius 2 is 1.88 bits per heavy atom. The first-order chi connectivity index (χ1) is 11.9. The maximum atomic E-state index is 12.4. The predicted molar refractivity (Wildman–Crippen MR) is 97.9 cm³/mol. The van der Waals surface area contributed by atoms with Crippen molar-refractivity contribution in [2.24, 2.45) is 0 Å². The monoisotopic (exact) mass is 360 g/mol. The average molecular weight is 361 g/mol. The van der Waals surface area contributed by atoms with E-state index in [-0.39, 0.29) is 16.6 Å². The lowest BCUT2D eigenvalue weighted by molar-refractivity contribution is -0.124. The maximum Gasteiger partial charge on any atom is 0.342 e. The van der Waals surface area contributed by atoms with Gasteiger partial charge in [0.2, 0.25) is 0 Å². The lowest BCUT2D eigenvalue weighted by atomic mass is 10.0. The minimum absolute atomic E-state index is 0.0482. The number of hydrogen-bond acceptors (Lipinski definition) is 4. The van der Waals surface area contributed by atoms with Crippen LogP contribution < -0.4 is 5.32 Å². The number of ether oxygens (including phenoxy) is 1. The summed E-state index contributed by atoms with van der Waals surface area (Å²) in [4.78, 5) is 28.4. The van der Waals surface area contributed by atoms with Gasteiger partial charge in [-0.15, -0.1) is 0 Å². The van der Waals surface area contributed by atoms with Crippen molar-refractivity contribution >= 4 is 29.2 Å². The Morgan fingerprint density at radius 3 is 2.44 bits per heavy atom. The van der Waals surface area contributed by atoms with Crippen LogP contribution in [0.15, 0.2) is 42.6 Å². The van der Waals surface area contributed by atoms with Crippen molar-refractivity contribution < 1.29 is 14.3 Å². The van der Waals surface area contributed by atoms with Gasteiger partial charge in [0.15, 0.2) is 6.10 Å². The van der Waals surface area contributed by atoms with E-state index in [1.54, 1.807) is 13.0 Å². The topological polar surface area (TPSA) is 68.3 Å². The van der Waals surface area contributed by atoms with Gasteiger partial charge in [0.1, 0.15) is 5.15 Å². The van der Waals surface area contributed by atoms with Crippen LogP contribution >= 0.6 is 11.6 Å². The SMILES string of the molecule is CCC(OC(=O)c1cccnc1Cl)C(=O)Nc1ccc(C(C)C)cc1. The Kier molecular flexibility index (Phi) is 6.53. The molecule has 2 rings (SSSR count). The van der Waals surface area contributed by atoms with E-state index < -0.39 is 12.1 Å². The van der Waals surface area contributed by atoms with Crippen molar-refractivity contribution in [3.63, 3.8) is 0 Å². The Labute approximate surface area is 152 Å². The van der Waals surface area contributed by atoms with Crippen LogP contribution in [0.2, 0.25) is 5.15 Å². The number of carbonyl (C=O) groups excluding carboxylic acids is 2. The van der Waals surface area contributed by atoms with Crippen LogP contribution in [-0.2, 0) is 9.53 Å². The molecule has 0 bridgehead atoms. The van der Waals surface area contributed by atoms with E-state index in [0.717, 1.165) is 0 Å². The number of halogens is 1. The standard InChI is InChI=1S/C19H21ClN2O3/c1-4-16(25-19(24)15-6-5-11-21-17(15)20)18(23)22-14-9-7-13(8-10-14)12(2)3/h5-12,16H,4H2,1-3H3,(H,22,23). The van der Waals surface area contributed by atoms with Gasteiger partial charge in [-0.25, -0.2) is 9.78 Å². The first-order valence-corrected chi connectivity index (χ1v) is 8.52. The number of pyridine rings is 1. The summed E-state index contributed by atoms with van der Waals surface area (Å²) in [5.74, 6) is -0.637. The largest absolute Gasteiger partial charge is 0.449 e. The zero-order chi connectivity index (χ0) is 18.4. The molecule has 1 unspecified atom stereocenters. The Balaban J connectivity index is 2.03. The molecule has 25 heavy (non-hydrogen) atoms. The van der Waals surface area contributed by atoms with Gasteiger partial charge in [0.25, 0.3) is 5.91 Å². The van der Waals surface area contributed by atoms with Gasteiger partial charge in [-0.3, -0.25) is 4.79 Å². The molecule has 1 N–H and O–H groups in total. The highest BCUT2D eigenvalue weighted by Gasteiger charge is 2.23. The minimum atomic E-state index is -0.909. The molecule has 1 heterocycles. The first kappa shape index (κ1) is 18.9. The number of hydrogen-bond donors (Lipinski definition) is 1. The fourth-order valence-electron chi connectivity index (χ4n) is 2.23. The summed E-state index contributed by atoms with van der Waals surface area (Å²) in [6, 6.07) is 10.7. The van der Waals surface area contributed by atoms with Crippen molar-refractivity contribution in [3.05, 3.63) is 58.9 Å². The highest BCUT2D eigenvalue weighted by atomic mass is 35.5. The molecule has 0 saturated heterocycles. The zero-order valence-electron chi connectivity index (χ0n) is 14.5. The third kappa shape index (κ3) is 5.03. The minimum Gasteiger partial charge on any atom is -0.449 e. The molecule has 1 aromatic carbocycles. The summed E-state index contributed by atoms with van der Waals surface area (Å²) in [6.45, 7) is 5.97. The predicted octanol–water partition coefficient (Wildman–Crippen LogP) is 4.43. The van der Waals surface area contributed by atoms with Gasteiger partial charge >= 0.3 is 5.97 Å². The molecule has 1 aromatic heterocycles. The second-order valence-electron chi connectivity index (χ2n) is 5.91. The Morgan fingerprint density at radius 1 is 1.20 bits per heavy atom. The number of esters is 1. The van der Waals surface area contributed by atoms with Crippen LogP contribution in [0.25, 0.3) is 0 Å². The molecule has 0 spiro atoms. The Hall–Kier alpha value is -2.40. The van der Waals surface area contributed by atoms with Crippen LogP contribution in [0.1, 0.15) is 49.0 Å². The van der Waals surface area contributed by atoms with Gasteiger partial charge in [-0.05, 0) is 42.2 Å². The summed E-state index contributed by atoms with van der Waals surface area (Å²) in [6.07, 6.45) is 0.914. The molecule has 6 heteroatoms. The smallest absolute Gasteiger partial charge is 0.342 e. The highest BCUT2D eigenvalue weighted by molar-refractivity contribution is 6.32. The van der Waals surface area contributed by atoms with Gasteiger partial charge in [0, 0.05) is 11.9 Å². The van der Waals surface area contributed by atoms with Crippen molar-refractivity contribution in [2.45, 2.75) is 39.2 Å². The van der Waals surface area contributed by atoms with Crippen molar-refractivity contribution in [1.29, 1.82) is 0 Å². The summed E-state index contributed by atoms with van der Waals surface area (Å²) in [5.41, 5.74) is 1.97. The fourth-order valence-corrected chi connectivity index (χ4v) is 2.42. The van der Waals surface area contributed by atoms with E-state index in [4.69, 9.17) is 16.3 Å². The van der Waals surface area contributed by atoms with E-state index in [1.165, 1.54) is 17.8 Å². The van der Waals surface area contributed by atoms with Crippen LogP contribution in [0.5, 0.6) is 0 Å². The third-order valence-corrected chi connectivity index (χ3v) is 4.04. The number of rotatable bonds is 6. The van der Waals surface area contributed by atoms with Crippen LogP contribution in [0.3, 0.4) is 0 Å². The van der Waals surface area contributed by atoms with E-state index in [1.807, 2.05) is 24.3 Å². The fraction of sp³-hybridized carbons (Fsp3) is 0.316. The molecule has 2 aromatic rings. The van der Waals surface area contributed by atoms with Crippen molar-refractivity contribution in [2.75, 3.05) is 5.32 Å². The summed E-state index contributed by atoms with van der Waals surface area (Å²) in [7, 11) is 0. The quantitative estimate of drug-likeness (QED) is 0.611. The summed E-state index contributed by atoms with van der Waals surface area (Å²) >= 11 is 5.88. The van der Waals surface area contributed by atoms with Gasteiger partial charge < -0.3 is 10.1 Å². The lowest BCUT2D eigenvalue weighted by Crippen LogP contribution is -2.32. The molecule has 132 valence electrons. The molecule has 1 amide bonds. The number of carbonyl (C=O) groups is 2. The van der Waals surface area contributed by atoms with Crippen LogP contribution in [0.4, 0.5) is 5.69 Å². The normalized spacial score (nSPS) is 11.9. The van der Waals surface area contributed by atoms with Gasteiger partial charge in [-0.1, -0.05) is 44.5 Å². The van der Waals surface area contributed by atoms with Crippen LogP contribution in [-0.4, -0.2) is 23.0 Å². The van der Waals surface area contributed by atoms with Crippen molar-refractivity contribution in [3.8, 4) is 0 Å². The number of amides is 1. The molecular formula is C19H21ClN2O3. The molecule has 0 aliphatic heterocycles. The second-order valence-corrected chi connectivity index (χ2v) is 6.27.